The van der Waals surface area contributed by atoms with Crippen LogP contribution in [0.25, 0.3) is 0 Å². The van der Waals surface area contributed by atoms with Crippen LogP contribution in [0, 0.1) is 0 Å². The Balaban J connectivity index is 2.06. The number of rotatable bonds is 5. The molecule has 7 heteroatoms. The van der Waals surface area contributed by atoms with Crippen LogP contribution in [-0.4, -0.2) is 19.9 Å². The van der Waals surface area contributed by atoms with E-state index in [4.69, 9.17) is 0 Å². The van der Waals surface area contributed by atoms with Crippen LogP contribution in [0.4, 0.5) is 0 Å². The molecule has 106 valence electrons. The average Bonchev–Trinajstić information content (AvgIpc) is 2.42. The first-order valence-corrected chi connectivity index (χ1v) is 8.89. The Labute approximate surface area is 134 Å². The van der Waals surface area contributed by atoms with Crippen molar-refractivity contribution in [2.24, 2.45) is 0 Å². The molecular weight excluding hydrogens is 408 g/mol. The van der Waals surface area contributed by atoms with Gasteiger partial charge in [0.15, 0.2) is 0 Å². The lowest BCUT2D eigenvalue weighted by molar-refractivity contribution is 0.581. The molecule has 20 heavy (non-hydrogen) atoms. The number of sulfonamides is 1. The summed E-state index contributed by atoms with van der Waals surface area (Å²) in [5, 5.41) is 0. The minimum atomic E-state index is -3.53. The molecule has 0 aliphatic heterocycles. The molecule has 0 aliphatic carbocycles. The molecule has 0 fully saturated rings. The smallest absolute Gasteiger partial charge is 0.241 e. The van der Waals surface area contributed by atoms with Gasteiger partial charge in [0.1, 0.15) is 0 Å². The van der Waals surface area contributed by atoms with E-state index in [0.717, 1.165) is 10.0 Å². The number of nitrogens with zero attached hydrogens (tertiary/aromatic N) is 1. The predicted molar refractivity (Wildman–Crippen MR) is 85.0 cm³/mol. The molecule has 0 spiro atoms. The maximum atomic E-state index is 12.2. The van der Waals surface area contributed by atoms with Crippen molar-refractivity contribution in [1.82, 2.24) is 9.71 Å². The van der Waals surface area contributed by atoms with Gasteiger partial charge in [0.25, 0.3) is 0 Å². The summed E-state index contributed by atoms with van der Waals surface area (Å²) in [6.07, 6.45) is 4.00. The lowest BCUT2D eigenvalue weighted by Gasteiger charge is -2.09. The van der Waals surface area contributed by atoms with Gasteiger partial charge < -0.3 is 0 Å². The lowest BCUT2D eigenvalue weighted by atomic mass is 10.2. The van der Waals surface area contributed by atoms with Crippen LogP contribution in [0.3, 0.4) is 0 Å². The Bertz CT molecular complexity index is 691. The minimum absolute atomic E-state index is 0.224. The molecular formula is C13H12Br2N2O2S. The van der Waals surface area contributed by atoms with Crippen molar-refractivity contribution in [3.8, 4) is 0 Å². The van der Waals surface area contributed by atoms with Crippen LogP contribution in [0.15, 0.2) is 56.6 Å². The molecule has 0 saturated carbocycles. The summed E-state index contributed by atoms with van der Waals surface area (Å²) >= 11 is 6.53. The van der Waals surface area contributed by atoms with E-state index in [1.807, 2.05) is 12.1 Å². The zero-order chi connectivity index (χ0) is 14.6. The Morgan fingerprint density at radius 3 is 2.50 bits per heavy atom. The summed E-state index contributed by atoms with van der Waals surface area (Å²) in [5.41, 5.74) is 1.04. The Morgan fingerprint density at radius 1 is 1.10 bits per heavy atom. The Hall–Kier alpha value is -0.760. The van der Waals surface area contributed by atoms with Gasteiger partial charge in [-0.3, -0.25) is 4.98 Å². The maximum absolute atomic E-state index is 12.2. The van der Waals surface area contributed by atoms with Crippen LogP contribution in [0.5, 0.6) is 0 Å². The number of hydrogen-bond acceptors (Lipinski definition) is 3. The number of pyridine rings is 1. The molecule has 0 bridgehead atoms. The highest BCUT2D eigenvalue weighted by Gasteiger charge is 2.17. The fourth-order valence-corrected chi connectivity index (χ4v) is 4.17. The van der Waals surface area contributed by atoms with Crippen molar-refractivity contribution in [2.75, 3.05) is 6.54 Å². The van der Waals surface area contributed by atoms with Crippen molar-refractivity contribution in [3.05, 3.63) is 57.2 Å². The Kier molecular flexibility index (Phi) is 5.31. The van der Waals surface area contributed by atoms with E-state index in [1.165, 1.54) is 0 Å². The standard InChI is InChI=1S/C13H12Br2N2O2S/c14-11-1-2-12(15)13(9-11)20(18,19)17-8-5-10-3-6-16-7-4-10/h1-4,6-7,9,17H,5,8H2. The molecule has 1 N–H and O–H groups in total. The van der Waals surface area contributed by atoms with E-state index >= 15 is 0 Å². The van der Waals surface area contributed by atoms with E-state index in [-0.39, 0.29) is 4.90 Å². The molecule has 0 atom stereocenters. The van der Waals surface area contributed by atoms with Gasteiger partial charge in [0.2, 0.25) is 10.0 Å². The number of halogens is 2. The highest BCUT2D eigenvalue weighted by molar-refractivity contribution is 9.11. The summed E-state index contributed by atoms with van der Waals surface area (Å²) < 4.78 is 28.3. The number of nitrogens with one attached hydrogen (secondary N) is 1. The molecule has 0 amide bonds. The van der Waals surface area contributed by atoms with Crippen molar-refractivity contribution in [1.29, 1.82) is 0 Å². The van der Waals surface area contributed by atoms with Crippen LogP contribution in [-0.2, 0) is 16.4 Å². The lowest BCUT2D eigenvalue weighted by Crippen LogP contribution is -2.26. The summed E-state index contributed by atoms with van der Waals surface area (Å²) in [7, 11) is -3.53. The van der Waals surface area contributed by atoms with Gasteiger partial charge >= 0.3 is 0 Å². The molecule has 1 aromatic carbocycles. The first-order chi connectivity index (χ1) is 9.49. The zero-order valence-corrected chi connectivity index (χ0v) is 14.4. The van der Waals surface area contributed by atoms with Crippen molar-refractivity contribution >= 4 is 41.9 Å². The fraction of sp³-hybridized carbons (Fsp3) is 0.154. The molecule has 0 radical (unpaired) electrons. The molecule has 1 aromatic heterocycles. The molecule has 4 nitrogen and oxygen atoms in total. The molecule has 1 heterocycles. The van der Waals surface area contributed by atoms with Gasteiger partial charge in [-0.2, -0.15) is 0 Å². The number of aromatic nitrogens is 1. The monoisotopic (exact) mass is 418 g/mol. The number of benzene rings is 1. The van der Waals surface area contributed by atoms with Crippen LogP contribution < -0.4 is 4.72 Å². The van der Waals surface area contributed by atoms with Gasteiger partial charge in [-0.05, 0) is 58.2 Å². The topological polar surface area (TPSA) is 59.1 Å². The average molecular weight is 420 g/mol. The van der Waals surface area contributed by atoms with E-state index in [0.29, 0.717) is 17.4 Å². The van der Waals surface area contributed by atoms with Gasteiger partial charge in [-0.1, -0.05) is 15.9 Å². The molecule has 0 unspecified atom stereocenters. The number of hydrogen-bond donors (Lipinski definition) is 1. The van der Waals surface area contributed by atoms with E-state index in [2.05, 4.69) is 41.6 Å². The SMILES string of the molecule is O=S(=O)(NCCc1ccncc1)c1cc(Br)ccc1Br. The molecule has 2 aromatic rings. The van der Waals surface area contributed by atoms with E-state index in [9.17, 15) is 8.42 Å². The van der Waals surface area contributed by atoms with Crippen LogP contribution in [0.1, 0.15) is 5.56 Å². The second-order valence-electron chi connectivity index (χ2n) is 4.08. The summed E-state index contributed by atoms with van der Waals surface area (Å²) in [6, 6.07) is 8.77. The van der Waals surface area contributed by atoms with Crippen molar-refractivity contribution in [2.45, 2.75) is 11.3 Å². The summed E-state index contributed by atoms with van der Waals surface area (Å²) in [5.74, 6) is 0. The highest BCUT2D eigenvalue weighted by atomic mass is 79.9. The van der Waals surface area contributed by atoms with Gasteiger partial charge in [-0.25, -0.2) is 13.1 Å². The summed E-state index contributed by atoms with van der Waals surface area (Å²) in [6.45, 7) is 0.339. The van der Waals surface area contributed by atoms with Crippen molar-refractivity contribution < 1.29 is 8.42 Å². The van der Waals surface area contributed by atoms with Crippen molar-refractivity contribution in [3.63, 3.8) is 0 Å². The second kappa shape index (κ2) is 6.80. The van der Waals surface area contributed by atoms with Gasteiger partial charge in [-0.15, -0.1) is 0 Å². The van der Waals surface area contributed by atoms with E-state index in [1.54, 1.807) is 30.6 Å². The molecule has 0 aliphatic rings. The van der Waals surface area contributed by atoms with Crippen LogP contribution >= 0.6 is 31.9 Å². The maximum Gasteiger partial charge on any atom is 0.241 e. The first-order valence-electron chi connectivity index (χ1n) is 5.83. The van der Waals surface area contributed by atoms with Gasteiger partial charge in [0, 0.05) is 27.9 Å². The normalized spacial score (nSPS) is 11.5. The highest BCUT2D eigenvalue weighted by Crippen LogP contribution is 2.25. The fourth-order valence-electron chi connectivity index (χ4n) is 1.64. The molecule has 2 rings (SSSR count). The van der Waals surface area contributed by atoms with E-state index < -0.39 is 10.0 Å². The van der Waals surface area contributed by atoms with Gasteiger partial charge in [0.05, 0.1) is 4.90 Å². The largest absolute Gasteiger partial charge is 0.265 e. The molecule has 0 saturated heterocycles. The summed E-state index contributed by atoms with van der Waals surface area (Å²) in [4.78, 5) is 4.14. The minimum Gasteiger partial charge on any atom is -0.265 e. The quantitative estimate of drug-likeness (QED) is 0.809. The predicted octanol–water partition coefficient (Wildman–Crippen LogP) is 3.13. The third-order valence-corrected chi connectivity index (χ3v) is 5.59. The van der Waals surface area contributed by atoms with Crippen LogP contribution in [0.2, 0.25) is 0 Å². The third-order valence-electron chi connectivity index (χ3n) is 2.64. The Morgan fingerprint density at radius 2 is 1.80 bits per heavy atom. The first kappa shape index (κ1) is 15.6. The zero-order valence-electron chi connectivity index (χ0n) is 10.4. The third kappa shape index (κ3) is 4.12. The second-order valence-corrected chi connectivity index (χ2v) is 7.58.